The van der Waals surface area contributed by atoms with E-state index < -0.39 is 28.1 Å². The van der Waals surface area contributed by atoms with E-state index in [0.29, 0.717) is 12.4 Å². The first-order chi connectivity index (χ1) is 14.3. The highest BCUT2D eigenvalue weighted by atomic mass is 32.2. The first-order valence-electron chi connectivity index (χ1n) is 8.60. The maximum absolute atomic E-state index is 12.2. The van der Waals surface area contributed by atoms with Crippen LogP contribution in [0.1, 0.15) is 30.1 Å². The van der Waals surface area contributed by atoms with Gasteiger partial charge in [-0.05, 0) is 23.9 Å². The van der Waals surface area contributed by atoms with Gasteiger partial charge in [-0.15, -0.1) is 11.3 Å². The van der Waals surface area contributed by atoms with Gasteiger partial charge in [0, 0.05) is 13.6 Å². The molecule has 2 heterocycles. The van der Waals surface area contributed by atoms with Crippen LogP contribution < -0.4 is 9.62 Å². The monoisotopic (exact) mass is 483 g/mol. The minimum absolute atomic E-state index is 0.0417. The number of thiophene rings is 1. The summed E-state index contributed by atoms with van der Waals surface area (Å²) in [6.45, 7) is 2.71. The van der Waals surface area contributed by atoms with E-state index in [9.17, 15) is 31.5 Å². The number of aromatic carboxylic acids is 1. The number of carboxylic acid groups (broad SMARTS) is 2. The van der Waals surface area contributed by atoms with Crippen molar-refractivity contribution in [3.63, 3.8) is 0 Å². The minimum atomic E-state index is -5.08. The number of nitrogens with zero attached hydrogens (tertiary/aromatic N) is 2. The molecule has 2 aromatic heterocycles. The lowest BCUT2D eigenvalue weighted by molar-refractivity contribution is -0.192. The summed E-state index contributed by atoms with van der Waals surface area (Å²) in [5.41, 5.74) is 0.0772. The van der Waals surface area contributed by atoms with Gasteiger partial charge >= 0.3 is 18.1 Å². The molecule has 0 atom stereocenters. The van der Waals surface area contributed by atoms with Gasteiger partial charge in [0.1, 0.15) is 15.6 Å². The Hall–Kier alpha value is -2.87. The van der Waals surface area contributed by atoms with Crippen molar-refractivity contribution in [3.05, 3.63) is 35.3 Å². The third kappa shape index (κ3) is 8.05. The van der Waals surface area contributed by atoms with E-state index in [1.165, 1.54) is 18.3 Å². The van der Waals surface area contributed by atoms with Crippen molar-refractivity contribution in [3.8, 4) is 0 Å². The highest BCUT2D eigenvalue weighted by molar-refractivity contribution is 7.94. The molecule has 0 saturated heterocycles. The van der Waals surface area contributed by atoms with Gasteiger partial charge in [-0.1, -0.05) is 19.4 Å². The number of carboxylic acids is 2. The van der Waals surface area contributed by atoms with Gasteiger partial charge < -0.3 is 15.1 Å². The van der Waals surface area contributed by atoms with E-state index in [1.807, 2.05) is 6.92 Å². The number of carbonyl (C=O) groups is 2. The zero-order valence-corrected chi connectivity index (χ0v) is 18.0. The number of rotatable bonds is 8. The summed E-state index contributed by atoms with van der Waals surface area (Å²) < 4.78 is 58.7. The van der Waals surface area contributed by atoms with Crippen molar-refractivity contribution < 1.29 is 41.4 Å². The smallest absolute Gasteiger partial charge is 0.478 e. The van der Waals surface area contributed by atoms with Crippen LogP contribution in [0.5, 0.6) is 0 Å². The summed E-state index contributed by atoms with van der Waals surface area (Å²) in [5.74, 6) is -3.60. The van der Waals surface area contributed by atoms with Gasteiger partial charge in [-0.3, -0.25) is 4.72 Å². The van der Waals surface area contributed by atoms with E-state index in [4.69, 9.17) is 9.90 Å². The van der Waals surface area contributed by atoms with Crippen LogP contribution >= 0.6 is 11.3 Å². The number of hydrogen-bond donors (Lipinski definition) is 3. The Balaban J connectivity index is 0.000000592. The van der Waals surface area contributed by atoms with Gasteiger partial charge in [0.25, 0.3) is 10.0 Å². The predicted octanol–water partition coefficient (Wildman–Crippen LogP) is 3.51. The number of halogens is 3. The summed E-state index contributed by atoms with van der Waals surface area (Å²) in [6.07, 6.45) is -1.87. The number of unbranched alkanes of at least 4 members (excludes halogenated alkanes) is 1. The van der Waals surface area contributed by atoms with Crippen LogP contribution in [-0.4, -0.2) is 55.3 Å². The molecule has 0 aliphatic rings. The van der Waals surface area contributed by atoms with E-state index >= 15 is 0 Å². The fraction of sp³-hybridized carbons (Fsp3) is 0.353. The van der Waals surface area contributed by atoms with E-state index in [0.717, 1.165) is 24.2 Å². The molecule has 0 spiro atoms. The quantitative estimate of drug-likeness (QED) is 0.519. The van der Waals surface area contributed by atoms with Crippen LogP contribution in [0.3, 0.4) is 0 Å². The first kappa shape index (κ1) is 26.2. The molecule has 0 fully saturated rings. The van der Waals surface area contributed by atoms with E-state index in [-0.39, 0.29) is 15.5 Å². The van der Waals surface area contributed by atoms with Crippen molar-refractivity contribution in [2.75, 3.05) is 23.2 Å². The van der Waals surface area contributed by atoms with Crippen LogP contribution in [0.2, 0.25) is 0 Å². The van der Waals surface area contributed by atoms with Crippen LogP contribution in [0.4, 0.5) is 24.7 Å². The molecular weight excluding hydrogens is 463 g/mol. The number of pyridine rings is 1. The molecular formula is C17H20F3N3O6S2. The average molecular weight is 483 g/mol. The Labute approximate surface area is 180 Å². The second kappa shape index (κ2) is 10.9. The highest BCUT2D eigenvalue weighted by Gasteiger charge is 2.38. The number of sulfonamides is 1. The Bertz CT molecular complexity index is 995. The molecule has 3 N–H and O–H groups in total. The van der Waals surface area contributed by atoms with Gasteiger partial charge in [0.15, 0.2) is 0 Å². The number of aromatic nitrogens is 1. The fourth-order valence-electron chi connectivity index (χ4n) is 2.10. The third-order valence-electron chi connectivity index (χ3n) is 3.56. The van der Waals surface area contributed by atoms with Crippen LogP contribution in [0.25, 0.3) is 0 Å². The minimum Gasteiger partial charge on any atom is -0.478 e. The molecule has 0 aliphatic carbocycles. The second-order valence-electron chi connectivity index (χ2n) is 6.02. The zero-order valence-electron chi connectivity index (χ0n) is 16.4. The Morgan fingerprint density at radius 2 is 1.90 bits per heavy atom. The van der Waals surface area contributed by atoms with Crippen LogP contribution in [0.15, 0.2) is 34.0 Å². The predicted molar refractivity (Wildman–Crippen MR) is 108 cm³/mol. The van der Waals surface area contributed by atoms with Crippen molar-refractivity contribution in [1.29, 1.82) is 0 Å². The lowest BCUT2D eigenvalue weighted by atomic mass is 10.2. The third-order valence-corrected chi connectivity index (χ3v) is 6.34. The molecule has 0 bridgehead atoms. The molecule has 0 amide bonds. The molecule has 172 valence electrons. The van der Waals surface area contributed by atoms with E-state index in [2.05, 4.69) is 9.71 Å². The lowest BCUT2D eigenvalue weighted by Crippen LogP contribution is -2.23. The van der Waals surface area contributed by atoms with Crippen LogP contribution in [-0.2, 0) is 14.8 Å². The highest BCUT2D eigenvalue weighted by Crippen LogP contribution is 2.24. The van der Waals surface area contributed by atoms with Gasteiger partial charge in [-0.25, -0.2) is 23.0 Å². The molecule has 2 rings (SSSR count). The molecule has 0 aromatic carbocycles. The van der Waals surface area contributed by atoms with E-state index in [1.54, 1.807) is 23.4 Å². The van der Waals surface area contributed by atoms with Crippen molar-refractivity contribution in [2.45, 2.75) is 30.2 Å². The molecule has 31 heavy (non-hydrogen) atoms. The largest absolute Gasteiger partial charge is 0.490 e. The van der Waals surface area contributed by atoms with Gasteiger partial charge in [0.05, 0.1) is 11.9 Å². The summed E-state index contributed by atoms with van der Waals surface area (Å²) >= 11 is 1.08. The Morgan fingerprint density at radius 3 is 2.35 bits per heavy atom. The maximum Gasteiger partial charge on any atom is 0.490 e. The number of anilines is 2. The van der Waals surface area contributed by atoms with Gasteiger partial charge in [-0.2, -0.15) is 13.2 Å². The molecule has 0 radical (unpaired) electrons. The number of aliphatic carboxylic acids is 1. The number of alkyl halides is 3. The first-order valence-corrected chi connectivity index (χ1v) is 11.0. The lowest BCUT2D eigenvalue weighted by Gasteiger charge is -2.20. The Morgan fingerprint density at radius 1 is 1.29 bits per heavy atom. The van der Waals surface area contributed by atoms with Crippen molar-refractivity contribution in [2.24, 2.45) is 0 Å². The standard InChI is InChI=1S/C15H19N3O4S2.C2HF3O2/c1-3-4-7-18(2)14-12(15(19)20)9-11(10-16-14)17-24(21,22)13-6-5-8-23-13;3-2(4,5)1(6)7/h5-6,8-10,17H,3-4,7H2,1-2H3,(H,19,20);(H,6,7). The maximum atomic E-state index is 12.2. The molecule has 2 aromatic rings. The summed E-state index contributed by atoms with van der Waals surface area (Å²) in [5, 5.41) is 18.2. The zero-order chi connectivity index (χ0) is 23.8. The topological polar surface area (TPSA) is 137 Å². The molecule has 9 nitrogen and oxygen atoms in total. The number of hydrogen-bond acceptors (Lipinski definition) is 7. The normalized spacial score (nSPS) is 11.3. The summed E-state index contributed by atoms with van der Waals surface area (Å²) in [7, 11) is -1.97. The summed E-state index contributed by atoms with van der Waals surface area (Å²) in [6, 6.07) is 4.40. The number of nitrogens with one attached hydrogen (secondary N) is 1. The average Bonchev–Trinajstić information content (AvgIpc) is 3.21. The fourth-order valence-corrected chi connectivity index (χ4v) is 4.12. The Kier molecular flexibility index (Phi) is 9.24. The van der Waals surface area contributed by atoms with Crippen LogP contribution in [0, 0.1) is 0 Å². The second-order valence-corrected chi connectivity index (χ2v) is 8.87. The van der Waals surface area contributed by atoms with Crippen molar-refractivity contribution >= 4 is 44.8 Å². The van der Waals surface area contributed by atoms with Crippen molar-refractivity contribution in [1.82, 2.24) is 4.98 Å². The molecule has 0 saturated carbocycles. The molecule has 0 aliphatic heterocycles. The SMILES string of the molecule is CCCCN(C)c1ncc(NS(=O)(=O)c2cccs2)cc1C(=O)O.O=C(O)C(F)(F)F. The van der Waals surface area contributed by atoms with Gasteiger partial charge in [0.2, 0.25) is 0 Å². The molecule has 0 unspecified atom stereocenters. The molecule has 14 heteroatoms. The summed E-state index contributed by atoms with van der Waals surface area (Å²) in [4.78, 5) is 26.3.